The van der Waals surface area contributed by atoms with Crippen molar-refractivity contribution < 1.29 is 28.6 Å². The molecule has 0 aliphatic rings. The molecule has 0 saturated carbocycles. The predicted molar refractivity (Wildman–Crippen MR) is 330 cm³/mol. The minimum Gasteiger partial charge on any atom is -0.462 e. The van der Waals surface area contributed by atoms with Crippen molar-refractivity contribution in [3.8, 4) is 0 Å². The largest absolute Gasteiger partial charge is 0.462 e. The summed E-state index contributed by atoms with van der Waals surface area (Å²) >= 11 is 0. The van der Waals surface area contributed by atoms with Crippen LogP contribution in [0.4, 0.5) is 0 Å². The second kappa shape index (κ2) is 64.9. The number of hydrogen-bond acceptors (Lipinski definition) is 6. The lowest BCUT2D eigenvalue weighted by atomic mass is 10.0. The number of hydrogen-bond donors (Lipinski definition) is 0. The van der Waals surface area contributed by atoms with Crippen LogP contribution in [0.3, 0.4) is 0 Å². The Morgan fingerprint density at radius 3 is 0.803 bits per heavy atom. The maximum Gasteiger partial charge on any atom is 0.306 e. The van der Waals surface area contributed by atoms with Gasteiger partial charge in [-0.3, -0.25) is 14.4 Å². The minimum absolute atomic E-state index is 0.0684. The predicted octanol–water partition coefficient (Wildman–Crippen LogP) is 22.9. The van der Waals surface area contributed by atoms with Gasteiger partial charge in [-0.2, -0.15) is 0 Å². The van der Waals surface area contributed by atoms with Gasteiger partial charge in [-0.25, -0.2) is 0 Å². The topological polar surface area (TPSA) is 78.9 Å². The van der Waals surface area contributed by atoms with E-state index in [1.54, 1.807) is 0 Å². The zero-order valence-corrected chi connectivity index (χ0v) is 51.0. The van der Waals surface area contributed by atoms with Crippen LogP contribution in [0.25, 0.3) is 0 Å². The van der Waals surface area contributed by atoms with Crippen molar-refractivity contribution in [1.29, 1.82) is 0 Å². The molecule has 0 aromatic carbocycles. The van der Waals surface area contributed by atoms with Crippen LogP contribution in [0, 0.1) is 0 Å². The van der Waals surface area contributed by atoms with E-state index in [1.165, 1.54) is 238 Å². The molecule has 0 amide bonds. The molecule has 0 aromatic rings. The normalized spacial score (nSPS) is 12.3. The van der Waals surface area contributed by atoms with Crippen LogP contribution in [0.15, 0.2) is 48.6 Å². The summed E-state index contributed by atoms with van der Waals surface area (Å²) in [5.74, 6) is -0.856. The van der Waals surface area contributed by atoms with Crippen LogP contribution >= 0.6 is 0 Å². The summed E-state index contributed by atoms with van der Waals surface area (Å²) in [6, 6.07) is 0. The average molecular weight is 1070 g/mol. The highest BCUT2D eigenvalue weighted by Gasteiger charge is 2.19. The lowest BCUT2D eigenvalue weighted by Crippen LogP contribution is -2.30. The Morgan fingerprint density at radius 2 is 0.513 bits per heavy atom. The standard InChI is InChI=1S/C70H128O6/c1-4-7-10-13-16-18-20-22-24-26-28-30-32-34-35-37-38-40-42-44-46-48-50-52-54-57-60-63-69(72)75-66-67(65-74-68(71)62-59-56-15-12-9-6-3)76-70(73)64-61-58-55-53-51-49-47-45-43-41-39-36-33-31-29-27-25-23-21-19-17-14-11-8-5-2/h7,10,16,18,22,24,28,30,67H,4-6,8-9,11-15,17,19-21,23,25-27,29,31-66H2,1-3H3/b10-7-,18-16-,24-22-,30-28-. The van der Waals surface area contributed by atoms with E-state index in [-0.39, 0.29) is 31.1 Å². The molecular weight excluding hydrogens is 937 g/mol. The number of carbonyl (C=O) groups is 3. The highest BCUT2D eigenvalue weighted by molar-refractivity contribution is 5.71. The third kappa shape index (κ3) is 62.2. The Hall–Kier alpha value is -2.63. The molecule has 0 radical (unpaired) electrons. The SMILES string of the molecule is CC/C=C\C/C=C\C/C=C\C/C=C\CCCCCCCCCCCCCCCCC(=O)OCC(COC(=O)CCCCCCCC)OC(=O)CCCCCCCCCCCCCCCCCCCCCCCCCCC. The molecule has 0 fully saturated rings. The van der Waals surface area contributed by atoms with Crippen LogP contribution in [0.2, 0.25) is 0 Å². The van der Waals surface area contributed by atoms with Gasteiger partial charge in [-0.05, 0) is 57.8 Å². The Bertz CT molecular complexity index is 1310. The summed E-state index contributed by atoms with van der Waals surface area (Å²) in [7, 11) is 0. The second-order valence-corrected chi connectivity index (χ2v) is 22.7. The van der Waals surface area contributed by atoms with Gasteiger partial charge in [0, 0.05) is 19.3 Å². The van der Waals surface area contributed by atoms with Crippen molar-refractivity contribution >= 4 is 17.9 Å². The van der Waals surface area contributed by atoms with E-state index in [9.17, 15) is 14.4 Å². The second-order valence-electron chi connectivity index (χ2n) is 22.7. The lowest BCUT2D eigenvalue weighted by Gasteiger charge is -2.18. The molecule has 0 aliphatic heterocycles. The van der Waals surface area contributed by atoms with Gasteiger partial charge in [0.15, 0.2) is 6.10 Å². The Labute approximate surface area is 473 Å². The zero-order valence-electron chi connectivity index (χ0n) is 51.0. The fourth-order valence-corrected chi connectivity index (χ4v) is 10.1. The van der Waals surface area contributed by atoms with Crippen LogP contribution < -0.4 is 0 Å². The summed E-state index contributed by atoms with van der Waals surface area (Å²) < 4.78 is 16.8. The molecule has 0 aromatic heterocycles. The first-order chi connectivity index (χ1) is 37.5. The van der Waals surface area contributed by atoms with E-state index in [0.29, 0.717) is 19.3 Å². The summed E-state index contributed by atoms with van der Waals surface area (Å²) in [4.78, 5) is 38.1. The molecule has 0 aliphatic carbocycles. The van der Waals surface area contributed by atoms with Gasteiger partial charge in [0.25, 0.3) is 0 Å². The molecule has 76 heavy (non-hydrogen) atoms. The van der Waals surface area contributed by atoms with Gasteiger partial charge in [-0.1, -0.05) is 333 Å². The number of ether oxygens (including phenoxy) is 3. The fourth-order valence-electron chi connectivity index (χ4n) is 10.1. The summed E-state index contributed by atoms with van der Waals surface area (Å²) in [5.41, 5.74) is 0. The molecule has 444 valence electrons. The molecule has 0 spiro atoms. The monoisotopic (exact) mass is 1060 g/mol. The van der Waals surface area contributed by atoms with E-state index in [2.05, 4.69) is 69.4 Å². The summed E-state index contributed by atoms with van der Waals surface area (Å²) in [6.45, 7) is 6.53. The first-order valence-corrected chi connectivity index (χ1v) is 33.6. The average Bonchev–Trinajstić information content (AvgIpc) is 3.42. The summed E-state index contributed by atoms with van der Waals surface area (Å²) in [5, 5.41) is 0. The highest BCUT2D eigenvalue weighted by atomic mass is 16.6. The molecule has 1 unspecified atom stereocenters. The molecule has 1 atom stereocenters. The number of esters is 3. The van der Waals surface area contributed by atoms with Crippen molar-refractivity contribution in [2.45, 2.75) is 367 Å². The van der Waals surface area contributed by atoms with Crippen molar-refractivity contribution in [3.05, 3.63) is 48.6 Å². The third-order valence-electron chi connectivity index (χ3n) is 15.1. The number of carbonyl (C=O) groups excluding carboxylic acids is 3. The molecule has 0 saturated heterocycles. The quantitative estimate of drug-likeness (QED) is 0.0261. The Morgan fingerprint density at radius 1 is 0.276 bits per heavy atom. The number of allylic oxidation sites excluding steroid dienone is 8. The van der Waals surface area contributed by atoms with Gasteiger partial charge in [0.1, 0.15) is 13.2 Å². The van der Waals surface area contributed by atoms with Gasteiger partial charge in [-0.15, -0.1) is 0 Å². The van der Waals surface area contributed by atoms with Crippen molar-refractivity contribution in [3.63, 3.8) is 0 Å². The van der Waals surface area contributed by atoms with Crippen LogP contribution in [0.1, 0.15) is 361 Å². The Balaban J connectivity index is 4.01. The maximum absolute atomic E-state index is 12.9. The van der Waals surface area contributed by atoms with Gasteiger partial charge in [0.2, 0.25) is 0 Å². The third-order valence-corrected chi connectivity index (χ3v) is 15.1. The first-order valence-electron chi connectivity index (χ1n) is 33.6. The molecule has 0 heterocycles. The minimum atomic E-state index is -0.767. The molecule has 0 N–H and O–H groups in total. The van der Waals surface area contributed by atoms with Crippen LogP contribution in [0.5, 0.6) is 0 Å². The van der Waals surface area contributed by atoms with E-state index >= 15 is 0 Å². The van der Waals surface area contributed by atoms with Crippen LogP contribution in [-0.4, -0.2) is 37.2 Å². The lowest BCUT2D eigenvalue weighted by molar-refractivity contribution is -0.167. The van der Waals surface area contributed by atoms with E-state index < -0.39 is 6.10 Å². The fraction of sp³-hybridized carbons (Fsp3) is 0.843. The summed E-state index contributed by atoms with van der Waals surface area (Å²) in [6.07, 6.45) is 81.8. The molecule has 6 heteroatoms. The van der Waals surface area contributed by atoms with Gasteiger partial charge in [0.05, 0.1) is 0 Å². The molecule has 0 bridgehead atoms. The number of rotatable bonds is 62. The smallest absolute Gasteiger partial charge is 0.306 e. The first kappa shape index (κ1) is 73.4. The van der Waals surface area contributed by atoms with E-state index in [4.69, 9.17) is 14.2 Å². The van der Waals surface area contributed by atoms with Gasteiger partial charge < -0.3 is 14.2 Å². The van der Waals surface area contributed by atoms with Crippen molar-refractivity contribution in [2.24, 2.45) is 0 Å². The molecule has 0 rings (SSSR count). The van der Waals surface area contributed by atoms with E-state index in [1.807, 2.05) is 0 Å². The highest BCUT2D eigenvalue weighted by Crippen LogP contribution is 2.18. The van der Waals surface area contributed by atoms with Crippen molar-refractivity contribution in [1.82, 2.24) is 0 Å². The Kier molecular flexibility index (Phi) is 62.6. The van der Waals surface area contributed by atoms with Gasteiger partial charge >= 0.3 is 17.9 Å². The van der Waals surface area contributed by atoms with Crippen LogP contribution in [-0.2, 0) is 28.6 Å². The molecule has 6 nitrogen and oxygen atoms in total. The van der Waals surface area contributed by atoms with E-state index in [0.717, 1.165) is 83.5 Å². The maximum atomic E-state index is 12.9. The molecular formula is C70H128O6. The number of unbranched alkanes of at least 4 members (excludes halogenated alkanes) is 43. The zero-order chi connectivity index (χ0) is 55.0. The van der Waals surface area contributed by atoms with Crippen molar-refractivity contribution in [2.75, 3.05) is 13.2 Å².